The average Bonchev–Trinajstić information content (AvgIpc) is 3.07. The van der Waals surface area contributed by atoms with Gasteiger partial charge in [0.15, 0.2) is 0 Å². The molecule has 0 aliphatic heterocycles. The number of amides is 2. The van der Waals surface area contributed by atoms with E-state index in [1.165, 1.54) is 0 Å². The Morgan fingerprint density at radius 2 is 2.04 bits per heavy atom. The Bertz CT molecular complexity index is 973. The van der Waals surface area contributed by atoms with Gasteiger partial charge in [0.05, 0.1) is 16.7 Å². The van der Waals surface area contributed by atoms with E-state index in [-0.39, 0.29) is 12.1 Å². The van der Waals surface area contributed by atoms with E-state index in [1.807, 2.05) is 24.3 Å². The van der Waals surface area contributed by atoms with Crippen molar-refractivity contribution in [2.75, 3.05) is 5.32 Å². The first-order valence-electron chi connectivity index (χ1n) is 8.88. The molecule has 27 heavy (non-hydrogen) atoms. The SMILES string of the molecule is NC(=O)N[C@H]1CCC[C@@H](Nc2ncc(Cl)c(-c3n[nH]c4ccccc34)n2)C1. The molecule has 1 aliphatic carbocycles. The third-order valence-corrected chi connectivity index (χ3v) is 5.07. The smallest absolute Gasteiger partial charge is 0.312 e. The second-order valence-electron chi connectivity index (χ2n) is 6.72. The number of nitrogens with zero attached hydrogens (tertiary/aromatic N) is 3. The standard InChI is InChI=1S/C18H20ClN7O/c19-13-9-21-18(23-11-5-3-4-10(8-11)22-17(20)27)24-16(13)15-12-6-1-2-7-14(12)25-26-15/h1-2,6-7,9-11H,3-5,8H2,(H,25,26)(H3,20,22,27)(H,21,23,24)/t10-,11+/m0/s1. The summed E-state index contributed by atoms with van der Waals surface area (Å²) in [6.45, 7) is 0. The number of halogens is 1. The summed E-state index contributed by atoms with van der Waals surface area (Å²) >= 11 is 6.34. The Morgan fingerprint density at radius 1 is 1.22 bits per heavy atom. The monoisotopic (exact) mass is 385 g/mol. The fourth-order valence-corrected chi connectivity index (χ4v) is 3.76. The number of hydrogen-bond donors (Lipinski definition) is 4. The van der Waals surface area contributed by atoms with Crippen molar-refractivity contribution in [2.24, 2.45) is 5.73 Å². The van der Waals surface area contributed by atoms with Crippen LogP contribution in [-0.4, -0.2) is 38.3 Å². The molecule has 4 rings (SSSR count). The number of fused-ring (bicyclic) bond motifs is 1. The van der Waals surface area contributed by atoms with Crippen LogP contribution in [-0.2, 0) is 0 Å². The molecule has 8 nitrogen and oxygen atoms in total. The molecule has 1 aromatic carbocycles. The van der Waals surface area contributed by atoms with Gasteiger partial charge >= 0.3 is 6.03 Å². The first-order valence-corrected chi connectivity index (χ1v) is 9.26. The molecule has 0 bridgehead atoms. The van der Waals surface area contributed by atoms with Gasteiger partial charge in [-0.15, -0.1) is 0 Å². The van der Waals surface area contributed by atoms with Crippen LogP contribution in [0, 0.1) is 0 Å². The number of carbonyl (C=O) groups is 1. The highest BCUT2D eigenvalue weighted by Gasteiger charge is 2.24. The maximum absolute atomic E-state index is 11.1. The van der Waals surface area contributed by atoms with Crippen LogP contribution in [0.2, 0.25) is 5.02 Å². The summed E-state index contributed by atoms with van der Waals surface area (Å²) in [6, 6.07) is 7.55. The zero-order valence-electron chi connectivity index (χ0n) is 14.6. The lowest BCUT2D eigenvalue weighted by atomic mass is 9.91. The number of anilines is 1. The van der Waals surface area contributed by atoms with Crippen molar-refractivity contribution in [3.63, 3.8) is 0 Å². The third kappa shape index (κ3) is 3.80. The molecular formula is C18H20ClN7O. The van der Waals surface area contributed by atoms with Gasteiger partial charge in [-0.1, -0.05) is 29.8 Å². The Balaban J connectivity index is 1.57. The van der Waals surface area contributed by atoms with Gasteiger partial charge in [0.25, 0.3) is 0 Å². The highest BCUT2D eigenvalue weighted by atomic mass is 35.5. The van der Waals surface area contributed by atoms with Crippen LogP contribution in [0.15, 0.2) is 30.5 Å². The molecule has 0 radical (unpaired) electrons. The van der Waals surface area contributed by atoms with Gasteiger partial charge in [0, 0.05) is 17.5 Å². The van der Waals surface area contributed by atoms with Crippen LogP contribution in [0.4, 0.5) is 10.7 Å². The van der Waals surface area contributed by atoms with E-state index in [0.29, 0.717) is 22.4 Å². The molecule has 2 aromatic heterocycles. The molecule has 9 heteroatoms. The Morgan fingerprint density at radius 3 is 2.89 bits per heavy atom. The van der Waals surface area contributed by atoms with Gasteiger partial charge in [-0.3, -0.25) is 5.10 Å². The maximum Gasteiger partial charge on any atom is 0.312 e. The molecule has 1 saturated carbocycles. The van der Waals surface area contributed by atoms with Crippen LogP contribution in [0.5, 0.6) is 0 Å². The number of nitrogens with one attached hydrogen (secondary N) is 3. The van der Waals surface area contributed by atoms with E-state index in [2.05, 4.69) is 30.8 Å². The number of aromatic amines is 1. The average molecular weight is 386 g/mol. The molecule has 1 fully saturated rings. The molecular weight excluding hydrogens is 366 g/mol. The topological polar surface area (TPSA) is 122 Å². The zero-order valence-corrected chi connectivity index (χ0v) is 15.3. The zero-order chi connectivity index (χ0) is 18.8. The van der Waals surface area contributed by atoms with Gasteiger partial charge in [0.2, 0.25) is 5.95 Å². The molecule has 2 atom stereocenters. The van der Waals surface area contributed by atoms with E-state index in [1.54, 1.807) is 6.20 Å². The van der Waals surface area contributed by atoms with Crippen molar-refractivity contribution in [1.82, 2.24) is 25.5 Å². The van der Waals surface area contributed by atoms with E-state index in [4.69, 9.17) is 17.3 Å². The minimum Gasteiger partial charge on any atom is -0.352 e. The summed E-state index contributed by atoms with van der Waals surface area (Å²) in [5.41, 5.74) is 7.43. The van der Waals surface area contributed by atoms with Gasteiger partial charge < -0.3 is 16.4 Å². The summed E-state index contributed by atoms with van der Waals surface area (Å²) in [5.74, 6) is 0.492. The van der Waals surface area contributed by atoms with Gasteiger partial charge in [-0.05, 0) is 31.7 Å². The van der Waals surface area contributed by atoms with Crippen molar-refractivity contribution < 1.29 is 4.79 Å². The van der Waals surface area contributed by atoms with Crippen molar-refractivity contribution in [2.45, 2.75) is 37.8 Å². The number of urea groups is 1. The van der Waals surface area contributed by atoms with Gasteiger partial charge in [-0.25, -0.2) is 14.8 Å². The van der Waals surface area contributed by atoms with Crippen molar-refractivity contribution in [1.29, 1.82) is 0 Å². The van der Waals surface area contributed by atoms with Crippen LogP contribution in [0.25, 0.3) is 22.3 Å². The number of H-pyrrole nitrogens is 1. The number of rotatable bonds is 4. The van der Waals surface area contributed by atoms with Gasteiger partial charge in [-0.2, -0.15) is 5.10 Å². The largest absolute Gasteiger partial charge is 0.352 e. The lowest BCUT2D eigenvalue weighted by molar-refractivity contribution is 0.240. The molecule has 5 N–H and O–H groups in total. The van der Waals surface area contributed by atoms with Crippen molar-refractivity contribution in [3.8, 4) is 11.4 Å². The van der Waals surface area contributed by atoms with Crippen LogP contribution in [0.3, 0.4) is 0 Å². The quantitative estimate of drug-likeness (QED) is 0.549. The summed E-state index contributed by atoms with van der Waals surface area (Å²) in [6.07, 6.45) is 5.25. The normalized spacial score (nSPS) is 19.7. The summed E-state index contributed by atoms with van der Waals surface area (Å²) in [4.78, 5) is 20.0. The van der Waals surface area contributed by atoms with Crippen molar-refractivity contribution >= 4 is 34.5 Å². The highest BCUT2D eigenvalue weighted by molar-refractivity contribution is 6.33. The minimum atomic E-state index is -0.490. The number of hydrogen-bond acceptors (Lipinski definition) is 5. The van der Waals surface area contributed by atoms with E-state index in [0.717, 1.165) is 36.6 Å². The fraction of sp³-hybridized carbons (Fsp3) is 0.333. The molecule has 140 valence electrons. The summed E-state index contributed by atoms with van der Waals surface area (Å²) in [7, 11) is 0. The van der Waals surface area contributed by atoms with E-state index < -0.39 is 6.03 Å². The molecule has 1 aliphatic rings. The summed E-state index contributed by atoms with van der Waals surface area (Å²) in [5, 5.41) is 14.9. The second-order valence-corrected chi connectivity index (χ2v) is 7.13. The predicted octanol–water partition coefficient (Wildman–Crippen LogP) is 3.06. The number of carbonyl (C=O) groups excluding carboxylic acids is 1. The van der Waals surface area contributed by atoms with Crippen molar-refractivity contribution in [3.05, 3.63) is 35.5 Å². The lowest BCUT2D eigenvalue weighted by Gasteiger charge is -2.29. The molecule has 0 unspecified atom stereocenters. The molecule has 2 heterocycles. The van der Waals surface area contributed by atoms with Crippen LogP contribution < -0.4 is 16.4 Å². The Labute approximate surface area is 160 Å². The summed E-state index contributed by atoms with van der Waals surface area (Å²) < 4.78 is 0. The van der Waals surface area contributed by atoms with E-state index in [9.17, 15) is 4.79 Å². The van der Waals surface area contributed by atoms with Crippen LogP contribution in [0.1, 0.15) is 25.7 Å². The maximum atomic E-state index is 11.1. The Kier molecular flexibility index (Phi) is 4.81. The number of para-hydroxylation sites is 1. The Hall–Kier alpha value is -2.87. The first-order chi connectivity index (χ1) is 13.1. The lowest BCUT2D eigenvalue weighted by Crippen LogP contribution is -2.44. The number of aromatic nitrogens is 4. The predicted molar refractivity (Wildman–Crippen MR) is 105 cm³/mol. The van der Waals surface area contributed by atoms with Gasteiger partial charge in [0.1, 0.15) is 11.4 Å². The highest BCUT2D eigenvalue weighted by Crippen LogP contribution is 2.31. The number of benzene rings is 1. The number of nitrogens with two attached hydrogens (primary N) is 1. The van der Waals surface area contributed by atoms with E-state index >= 15 is 0 Å². The molecule has 0 spiro atoms. The van der Waals surface area contributed by atoms with Crippen LogP contribution >= 0.6 is 11.6 Å². The third-order valence-electron chi connectivity index (χ3n) is 4.79. The number of primary amides is 1. The molecule has 3 aromatic rings. The second kappa shape index (κ2) is 7.40. The molecule has 0 saturated heterocycles. The minimum absolute atomic E-state index is 0.0656. The first kappa shape index (κ1) is 17.5. The molecule has 2 amide bonds. The fourth-order valence-electron chi connectivity index (χ4n) is 3.58.